The lowest BCUT2D eigenvalue weighted by molar-refractivity contribution is 0.229. The molecule has 2 amide bonds. The van der Waals surface area contributed by atoms with Crippen LogP contribution in [0.4, 0.5) is 4.79 Å². The Bertz CT molecular complexity index is 481. The van der Waals surface area contributed by atoms with E-state index in [1.165, 1.54) is 5.56 Å². The van der Waals surface area contributed by atoms with Crippen molar-refractivity contribution in [2.75, 3.05) is 39.3 Å². The molecule has 0 bridgehead atoms. The Kier molecular flexibility index (Phi) is 6.24. The number of carbonyl (C=O) groups is 1. The Morgan fingerprint density at radius 3 is 2.95 bits per heavy atom. The molecule has 2 rings (SSSR count). The number of benzene rings is 1. The minimum absolute atomic E-state index is 0.158. The minimum Gasteiger partial charge on any atom is -0.337 e. The SMILES string of the molecule is Cc1cccc(/C=C/NC(=O)NCCN2CCNCC2)c1. The molecule has 0 aliphatic carbocycles. The second-order valence-corrected chi connectivity index (χ2v) is 5.24. The summed E-state index contributed by atoms with van der Waals surface area (Å²) in [6.45, 7) is 7.79. The van der Waals surface area contributed by atoms with Crippen molar-refractivity contribution in [2.24, 2.45) is 0 Å². The predicted octanol–water partition coefficient (Wildman–Crippen LogP) is 1.17. The van der Waals surface area contributed by atoms with Crippen LogP contribution < -0.4 is 16.0 Å². The van der Waals surface area contributed by atoms with Crippen LogP contribution in [0.25, 0.3) is 6.08 Å². The highest BCUT2D eigenvalue weighted by atomic mass is 16.2. The highest BCUT2D eigenvalue weighted by molar-refractivity contribution is 5.75. The van der Waals surface area contributed by atoms with Gasteiger partial charge in [0.15, 0.2) is 0 Å². The highest BCUT2D eigenvalue weighted by Crippen LogP contribution is 2.04. The van der Waals surface area contributed by atoms with Crippen LogP contribution in [-0.2, 0) is 0 Å². The van der Waals surface area contributed by atoms with Gasteiger partial charge in [0.1, 0.15) is 0 Å². The summed E-state index contributed by atoms with van der Waals surface area (Å²) in [5.41, 5.74) is 2.29. The van der Waals surface area contributed by atoms with Gasteiger partial charge in [0, 0.05) is 45.5 Å². The van der Waals surface area contributed by atoms with Crippen molar-refractivity contribution in [1.82, 2.24) is 20.9 Å². The minimum atomic E-state index is -0.158. The van der Waals surface area contributed by atoms with Gasteiger partial charge in [-0.15, -0.1) is 0 Å². The third-order valence-corrected chi connectivity index (χ3v) is 3.46. The molecule has 1 aromatic rings. The molecule has 21 heavy (non-hydrogen) atoms. The van der Waals surface area contributed by atoms with Crippen molar-refractivity contribution in [3.63, 3.8) is 0 Å². The van der Waals surface area contributed by atoms with Crippen LogP contribution in [-0.4, -0.2) is 50.2 Å². The lowest BCUT2D eigenvalue weighted by atomic mass is 10.1. The van der Waals surface area contributed by atoms with Gasteiger partial charge < -0.3 is 16.0 Å². The maximum atomic E-state index is 11.6. The molecule has 1 aliphatic rings. The van der Waals surface area contributed by atoms with Crippen LogP contribution >= 0.6 is 0 Å². The Labute approximate surface area is 126 Å². The van der Waals surface area contributed by atoms with Crippen molar-refractivity contribution >= 4 is 12.1 Å². The quantitative estimate of drug-likeness (QED) is 0.762. The Morgan fingerprint density at radius 2 is 2.19 bits per heavy atom. The molecule has 1 aromatic carbocycles. The summed E-state index contributed by atoms with van der Waals surface area (Å²) in [7, 11) is 0. The molecule has 0 saturated carbocycles. The Morgan fingerprint density at radius 1 is 1.38 bits per heavy atom. The molecule has 0 atom stereocenters. The van der Waals surface area contributed by atoms with Gasteiger partial charge >= 0.3 is 6.03 Å². The predicted molar refractivity (Wildman–Crippen MR) is 86.1 cm³/mol. The number of hydrogen-bond donors (Lipinski definition) is 3. The largest absolute Gasteiger partial charge is 0.337 e. The van der Waals surface area contributed by atoms with E-state index in [-0.39, 0.29) is 6.03 Å². The summed E-state index contributed by atoms with van der Waals surface area (Å²) in [4.78, 5) is 14.0. The molecule has 1 saturated heterocycles. The number of hydrogen-bond acceptors (Lipinski definition) is 3. The molecular weight excluding hydrogens is 264 g/mol. The van der Waals surface area contributed by atoms with E-state index in [1.54, 1.807) is 6.20 Å². The number of nitrogens with one attached hydrogen (secondary N) is 3. The van der Waals surface area contributed by atoms with E-state index in [0.29, 0.717) is 6.54 Å². The van der Waals surface area contributed by atoms with Crippen LogP contribution in [0.3, 0.4) is 0 Å². The van der Waals surface area contributed by atoms with E-state index >= 15 is 0 Å². The van der Waals surface area contributed by atoms with Crippen LogP contribution in [0.15, 0.2) is 30.5 Å². The summed E-state index contributed by atoms with van der Waals surface area (Å²) in [5.74, 6) is 0. The smallest absolute Gasteiger partial charge is 0.318 e. The van der Waals surface area contributed by atoms with Gasteiger partial charge in [0.2, 0.25) is 0 Å². The third-order valence-electron chi connectivity index (χ3n) is 3.46. The van der Waals surface area contributed by atoms with Crippen molar-refractivity contribution in [3.8, 4) is 0 Å². The number of amides is 2. The molecule has 114 valence electrons. The summed E-state index contributed by atoms with van der Waals surface area (Å²) < 4.78 is 0. The lowest BCUT2D eigenvalue weighted by Crippen LogP contribution is -2.46. The third kappa shape index (κ3) is 5.97. The number of rotatable bonds is 5. The number of carbonyl (C=O) groups excluding carboxylic acids is 1. The fourth-order valence-electron chi connectivity index (χ4n) is 2.30. The van der Waals surface area contributed by atoms with Crippen LogP contribution in [0, 0.1) is 6.92 Å². The van der Waals surface area contributed by atoms with Gasteiger partial charge in [-0.25, -0.2) is 4.79 Å². The summed E-state index contributed by atoms with van der Waals surface area (Å²) in [6, 6.07) is 7.97. The zero-order valence-electron chi connectivity index (χ0n) is 12.6. The van der Waals surface area contributed by atoms with Gasteiger partial charge in [0.25, 0.3) is 0 Å². The zero-order chi connectivity index (χ0) is 14.9. The number of piperazine rings is 1. The second kappa shape index (κ2) is 8.44. The average molecular weight is 288 g/mol. The summed E-state index contributed by atoms with van der Waals surface area (Å²) in [5, 5.41) is 8.90. The number of urea groups is 1. The Balaban J connectivity index is 1.63. The first-order valence-corrected chi connectivity index (χ1v) is 7.45. The topological polar surface area (TPSA) is 56.4 Å². The van der Waals surface area contributed by atoms with E-state index in [1.807, 2.05) is 31.2 Å². The van der Waals surface area contributed by atoms with Crippen molar-refractivity contribution < 1.29 is 4.79 Å². The van der Waals surface area contributed by atoms with Crippen LogP contribution in [0.5, 0.6) is 0 Å². The number of nitrogens with zero attached hydrogens (tertiary/aromatic N) is 1. The van der Waals surface area contributed by atoms with Gasteiger partial charge in [-0.3, -0.25) is 4.90 Å². The maximum absolute atomic E-state index is 11.6. The fourth-order valence-corrected chi connectivity index (χ4v) is 2.30. The van der Waals surface area contributed by atoms with E-state index in [0.717, 1.165) is 38.3 Å². The maximum Gasteiger partial charge on any atom is 0.318 e. The van der Waals surface area contributed by atoms with Crippen LogP contribution in [0.1, 0.15) is 11.1 Å². The average Bonchev–Trinajstić information content (AvgIpc) is 2.48. The molecule has 0 unspecified atom stereocenters. The summed E-state index contributed by atoms with van der Waals surface area (Å²) in [6.07, 6.45) is 3.57. The molecular formula is C16H24N4O. The first kappa shape index (κ1) is 15.5. The molecule has 0 radical (unpaired) electrons. The molecule has 5 heteroatoms. The van der Waals surface area contributed by atoms with E-state index in [2.05, 4.69) is 26.9 Å². The van der Waals surface area contributed by atoms with Gasteiger partial charge in [-0.05, 0) is 18.6 Å². The molecule has 1 aliphatic heterocycles. The zero-order valence-corrected chi connectivity index (χ0v) is 12.6. The lowest BCUT2D eigenvalue weighted by Gasteiger charge is -2.26. The monoisotopic (exact) mass is 288 g/mol. The van der Waals surface area contributed by atoms with E-state index in [9.17, 15) is 4.79 Å². The van der Waals surface area contributed by atoms with Crippen molar-refractivity contribution in [2.45, 2.75) is 6.92 Å². The highest BCUT2D eigenvalue weighted by Gasteiger charge is 2.08. The van der Waals surface area contributed by atoms with Gasteiger partial charge in [-0.1, -0.05) is 29.8 Å². The van der Waals surface area contributed by atoms with Gasteiger partial charge in [0.05, 0.1) is 0 Å². The van der Waals surface area contributed by atoms with Gasteiger partial charge in [-0.2, -0.15) is 0 Å². The van der Waals surface area contributed by atoms with E-state index < -0.39 is 0 Å². The van der Waals surface area contributed by atoms with Crippen molar-refractivity contribution in [1.29, 1.82) is 0 Å². The normalized spacial score (nSPS) is 16.0. The number of aryl methyl sites for hydroxylation is 1. The Hall–Kier alpha value is -1.85. The molecule has 1 fully saturated rings. The molecule has 1 heterocycles. The van der Waals surface area contributed by atoms with Crippen LogP contribution in [0.2, 0.25) is 0 Å². The second-order valence-electron chi connectivity index (χ2n) is 5.24. The molecule has 0 spiro atoms. The molecule has 5 nitrogen and oxygen atoms in total. The summed E-state index contributed by atoms with van der Waals surface area (Å²) >= 11 is 0. The first-order chi connectivity index (χ1) is 10.2. The first-order valence-electron chi connectivity index (χ1n) is 7.45. The molecule has 0 aromatic heterocycles. The standard InChI is InChI=1S/C16H24N4O/c1-14-3-2-4-15(13-14)5-6-18-16(21)19-9-12-20-10-7-17-8-11-20/h2-6,13,17H,7-12H2,1H3,(H2,18,19,21)/b6-5+. The van der Waals surface area contributed by atoms with Crippen molar-refractivity contribution in [3.05, 3.63) is 41.6 Å². The fraction of sp³-hybridized carbons (Fsp3) is 0.438. The molecule has 3 N–H and O–H groups in total. The van der Waals surface area contributed by atoms with E-state index in [4.69, 9.17) is 0 Å².